The van der Waals surface area contributed by atoms with E-state index in [2.05, 4.69) is 0 Å². The number of ether oxygens (including phenoxy) is 2. The van der Waals surface area contributed by atoms with Gasteiger partial charge < -0.3 is 14.6 Å². The summed E-state index contributed by atoms with van der Waals surface area (Å²) in [5.41, 5.74) is 0. The molecule has 1 aromatic rings. The van der Waals surface area contributed by atoms with Crippen LogP contribution in [0.1, 0.15) is 18.2 Å². The zero-order chi connectivity index (χ0) is 10.9. The number of thiophene rings is 1. The number of carbonyl (C=O) groups is 1. The van der Waals surface area contributed by atoms with E-state index in [1.165, 1.54) is 0 Å². The smallest absolute Gasteiger partial charge is 0.306 e. The van der Waals surface area contributed by atoms with Crippen LogP contribution in [0.5, 0.6) is 0 Å². The molecule has 4 nitrogen and oxygen atoms in total. The molecule has 1 aromatic heterocycles. The Kier molecular flexibility index (Phi) is 2.77. The second-order valence-electron chi connectivity index (χ2n) is 3.57. The summed E-state index contributed by atoms with van der Waals surface area (Å²) in [5.74, 6) is -1.63. The maximum Gasteiger partial charge on any atom is 0.306 e. The van der Waals surface area contributed by atoms with E-state index >= 15 is 0 Å². The highest BCUT2D eigenvalue weighted by molar-refractivity contribution is 7.10. The molecule has 0 aromatic carbocycles. The highest BCUT2D eigenvalue weighted by atomic mass is 32.1. The van der Waals surface area contributed by atoms with Crippen molar-refractivity contribution >= 4 is 17.3 Å². The first-order chi connectivity index (χ1) is 7.10. The van der Waals surface area contributed by atoms with Gasteiger partial charge in [0, 0.05) is 0 Å². The number of rotatable bonds is 3. The van der Waals surface area contributed by atoms with Crippen molar-refractivity contribution in [3.05, 3.63) is 22.4 Å². The van der Waals surface area contributed by atoms with E-state index in [0.717, 1.165) is 4.88 Å². The van der Waals surface area contributed by atoms with Crippen molar-refractivity contribution in [2.75, 3.05) is 6.61 Å². The Balaban J connectivity index is 2.05. The van der Waals surface area contributed by atoms with Crippen molar-refractivity contribution in [1.29, 1.82) is 0 Å². The molecule has 2 unspecified atom stereocenters. The quantitative estimate of drug-likeness (QED) is 0.857. The molecular weight excluding hydrogens is 216 g/mol. The van der Waals surface area contributed by atoms with Crippen molar-refractivity contribution in [2.24, 2.45) is 0 Å². The Labute approximate surface area is 91.4 Å². The fourth-order valence-electron chi connectivity index (χ4n) is 1.60. The van der Waals surface area contributed by atoms with Gasteiger partial charge in [0.05, 0.1) is 24.0 Å². The molecule has 5 heteroatoms. The maximum absolute atomic E-state index is 10.5. The van der Waals surface area contributed by atoms with Crippen LogP contribution < -0.4 is 0 Å². The molecule has 1 aliphatic heterocycles. The highest BCUT2D eigenvalue weighted by Gasteiger charge is 2.40. The zero-order valence-electron chi connectivity index (χ0n) is 8.30. The lowest BCUT2D eigenvalue weighted by atomic mass is 10.2. The van der Waals surface area contributed by atoms with Gasteiger partial charge in [-0.1, -0.05) is 6.07 Å². The SMILES string of the molecule is CC1(c2cccs2)OCC(CC(=O)O)O1. The molecule has 0 spiro atoms. The Hall–Kier alpha value is -0.910. The molecule has 15 heavy (non-hydrogen) atoms. The van der Waals surface area contributed by atoms with Crippen molar-refractivity contribution in [3.63, 3.8) is 0 Å². The van der Waals surface area contributed by atoms with Crippen molar-refractivity contribution in [1.82, 2.24) is 0 Å². The van der Waals surface area contributed by atoms with Crippen molar-refractivity contribution in [2.45, 2.75) is 25.2 Å². The lowest BCUT2D eigenvalue weighted by Crippen LogP contribution is -2.23. The molecule has 0 saturated carbocycles. The standard InChI is InChI=1S/C10H12O4S/c1-10(8-3-2-4-15-8)13-6-7(14-10)5-9(11)12/h2-4,7H,5-6H2,1H3,(H,11,12). The van der Waals surface area contributed by atoms with Crippen LogP contribution >= 0.6 is 11.3 Å². The Morgan fingerprint density at radius 1 is 1.80 bits per heavy atom. The van der Waals surface area contributed by atoms with E-state index < -0.39 is 11.8 Å². The Bertz CT molecular complexity index is 348. The minimum atomic E-state index is -0.862. The van der Waals surface area contributed by atoms with Crippen LogP contribution in [0.25, 0.3) is 0 Å². The van der Waals surface area contributed by atoms with Gasteiger partial charge in [-0.25, -0.2) is 0 Å². The van der Waals surface area contributed by atoms with E-state index in [1.807, 2.05) is 24.4 Å². The van der Waals surface area contributed by atoms with Crippen LogP contribution in [0.15, 0.2) is 17.5 Å². The van der Waals surface area contributed by atoms with Crippen molar-refractivity contribution in [3.8, 4) is 0 Å². The van der Waals surface area contributed by atoms with Crippen LogP contribution in [0.4, 0.5) is 0 Å². The molecule has 2 heterocycles. The average molecular weight is 228 g/mol. The van der Waals surface area contributed by atoms with E-state index in [0.29, 0.717) is 6.61 Å². The summed E-state index contributed by atoms with van der Waals surface area (Å²) < 4.78 is 11.1. The topological polar surface area (TPSA) is 55.8 Å². The molecule has 0 aliphatic carbocycles. The van der Waals surface area contributed by atoms with E-state index in [4.69, 9.17) is 14.6 Å². The van der Waals surface area contributed by atoms with Crippen LogP contribution in [-0.4, -0.2) is 23.8 Å². The van der Waals surface area contributed by atoms with E-state index in [1.54, 1.807) is 11.3 Å². The fraction of sp³-hybridized carbons (Fsp3) is 0.500. The first-order valence-electron chi connectivity index (χ1n) is 4.68. The lowest BCUT2D eigenvalue weighted by Gasteiger charge is -2.21. The molecule has 0 radical (unpaired) electrons. The van der Waals surface area contributed by atoms with Gasteiger partial charge in [0.25, 0.3) is 0 Å². The third-order valence-electron chi connectivity index (χ3n) is 2.31. The summed E-state index contributed by atoms with van der Waals surface area (Å²) in [6, 6.07) is 3.84. The van der Waals surface area contributed by atoms with Crippen LogP contribution in [0.2, 0.25) is 0 Å². The fourth-order valence-corrected chi connectivity index (χ4v) is 2.38. The first-order valence-corrected chi connectivity index (χ1v) is 5.56. The molecule has 0 amide bonds. The molecule has 1 aliphatic rings. The summed E-state index contributed by atoms with van der Waals surface area (Å²) in [7, 11) is 0. The number of hydrogen-bond donors (Lipinski definition) is 1. The van der Waals surface area contributed by atoms with Crippen LogP contribution in [0.3, 0.4) is 0 Å². The van der Waals surface area contributed by atoms with Crippen LogP contribution in [0, 0.1) is 0 Å². The predicted molar refractivity (Wildman–Crippen MR) is 54.7 cm³/mol. The summed E-state index contributed by atoms with van der Waals surface area (Å²) in [4.78, 5) is 11.5. The average Bonchev–Trinajstić information content (AvgIpc) is 2.74. The summed E-state index contributed by atoms with van der Waals surface area (Å²) in [6.07, 6.45) is -0.365. The molecule has 82 valence electrons. The van der Waals surface area contributed by atoms with E-state index in [9.17, 15) is 4.79 Å². The number of hydrogen-bond acceptors (Lipinski definition) is 4. The molecular formula is C10H12O4S. The zero-order valence-corrected chi connectivity index (χ0v) is 9.12. The monoisotopic (exact) mass is 228 g/mol. The van der Waals surface area contributed by atoms with Crippen LogP contribution in [-0.2, 0) is 20.1 Å². The van der Waals surface area contributed by atoms with Gasteiger partial charge in [-0.05, 0) is 18.4 Å². The Morgan fingerprint density at radius 3 is 3.20 bits per heavy atom. The summed E-state index contributed by atoms with van der Waals surface area (Å²) in [6.45, 7) is 2.15. The lowest BCUT2D eigenvalue weighted by molar-refractivity contribution is -0.163. The minimum absolute atomic E-state index is 0.0129. The minimum Gasteiger partial charge on any atom is -0.481 e. The Morgan fingerprint density at radius 2 is 2.60 bits per heavy atom. The van der Waals surface area contributed by atoms with Gasteiger partial charge in [-0.2, -0.15) is 0 Å². The number of aliphatic carboxylic acids is 1. The molecule has 1 N–H and O–H groups in total. The number of carboxylic acid groups (broad SMARTS) is 1. The number of carboxylic acids is 1. The molecule has 2 atom stereocenters. The molecule has 0 bridgehead atoms. The van der Waals surface area contributed by atoms with Gasteiger partial charge in [-0.3, -0.25) is 4.79 Å². The predicted octanol–water partition coefficient (Wildman–Crippen LogP) is 1.81. The van der Waals surface area contributed by atoms with Gasteiger partial charge in [0.2, 0.25) is 5.79 Å². The molecule has 1 fully saturated rings. The van der Waals surface area contributed by atoms with Gasteiger partial charge >= 0.3 is 5.97 Å². The first kappa shape index (κ1) is 10.6. The van der Waals surface area contributed by atoms with Gasteiger partial charge in [0.1, 0.15) is 0 Å². The molecule has 1 saturated heterocycles. The summed E-state index contributed by atoms with van der Waals surface area (Å²) in [5, 5.41) is 10.6. The highest BCUT2D eigenvalue weighted by Crippen LogP contribution is 2.36. The normalized spacial score (nSPS) is 30.6. The second kappa shape index (κ2) is 3.92. The summed E-state index contributed by atoms with van der Waals surface area (Å²) >= 11 is 1.54. The molecule has 2 rings (SSSR count). The third-order valence-corrected chi connectivity index (χ3v) is 3.36. The largest absolute Gasteiger partial charge is 0.481 e. The van der Waals surface area contributed by atoms with Gasteiger partial charge in [0.15, 0.2) is 0 Å². The second-order valence-corrected chi connectivity index (χ2v) is 4.52. The maximum atomic E-state index is 10.5. The van der Waals surface area contributed by atoms with Crippen molar-refractivity contribution < 1.29 is 19.4 Å². The van der Waals surface area contributed by atoms with E-state index in [-0.39, 0.29) is 12.5 Å². The van der Waals surface area contributed by atoms with Gasteiger partial charge in [-0.15, -0.1) is 11.3 Å². The third kappa shape index (κ3) is 2.19.